The van der Waals surface area contributed by atoms with Crippen LogP contribution in [0.4, 0.5) is 5.82 Å². The van der Waals surface area contributed by atoms with Gasteiger partial charge in [-0.1, -0.05) is 19.4 Å². The average molecular weight is 290 g/mol. The van der Waals surface area contributed by atoms with E-state index in [0.29, 0.717) is 5.82 Å². The van der Waals surface area contributed by atoms with Crippen LogP contribution in [0, 0.1) is 6.92 Å². The van der Waals surface area contributed by atoms with Crippen LogP contribution in [0.15, 0.2) is 29.6 Å². The van der Waals surface area contributed by atoms with Crippen molar-refractivity contribution < 1.29 is 9.90 Å². The molecule has 1 unspecified atom stereocenters. The number of anilines is 1. The summed E-state index contributed by atoms with van der Waals surface area (Å²) in [4.78, 5) is 16.8. The lowest BCUT2D eigenvalue weighted by Gasteiger charge is -2.19. The van der Waals surface area contributed by atoms with Crippen LogP contribution in [-0.2, 0) is 0 Å². The Bertz CT molecular complexity index is 582. The molecule has 2 aromatic rings. The van der Waals surface area contributed by atoms with E-state index >= 15 is 0 Å². The van der Waals surface area contributed by atoms with Gasteiger partial charge in [0.25, 0.3) is 0 Å². The Hall–Kier alpha value is -1.88. The van der Waals surface area contributed by atoms with Gasteiger partial charge in [-0.15, -0.1) is 11.3 Å². The SMILES string of the molecule is CCCC(Nc1nc(C)ccc1C(=O)O)c1cccs1. The Kier molecular flexibility index (Phi) is 4.74. The highest BCUT2D eigenvalue weighted by Gasteiger charge is 2.17. The lowest BCUT2D eigenvalue weighted by molar-refractivity contribution is 0.0697. The van der Waals surface area contributed by atoms with E-state index in [1.807, 2.05) is 18.4 Å². The molecule has 1 atom stereocenters. The van der Waals surface area contributed by atoms with Gasteiger partial charge in [0.2, 0.25) is 0 Å². The molecule has 0 aromatic carbocycles. The van der Waals surface area contributed by atoms with Crippen molar-refractivity contribution in [3.63, 3.8) is 0 Å². The number of nitrogens with one attached hydrogen (secondary N) is 1. The minimum atomic E-state index is -0.957. The summed E-state index contributed by atoms with van der Waals surface area (Å²) in [7, 11) is 0. The van der Waals surface area contributed by atoms with Crippen molar-refractivity contribution in [1.29, 1.82) is 0 Å². The molecule has 0 fully saturated rings. The number of hydrogen-bond donors (Lipinski definition) is 2. The summed E-state index contributed by atoms with van der Waals surface area (Å²) in [6, 6.07) is 7.49. The largest absolute Gasteiger partial charge is 0.478 e. The summed E-state index contributed by atoms with van der Waals surface area (Å²) in [5.41, 5.74) is 1.02. The van der Waals surface area contributed by atoms with E-state index in [4.69, 9.17) is 0 Å². The van der Waals surface area contributed by atoms with E-state index in [0.717, 1.165) is 18.5 Å². The van der Waals surface area contributed by atoms with Crippen molar-refractivity contribution in [2.24, 2.45) is 0 Å². The van der Waals surface area contributed by atoms with Gasteiger partial charge in [0.05, 0.1) is 6.04 Å². The molecule has 5 heteroatoms. The molecule has 0 amide bonds. The van der Waals surface area contributed by atoms with Gasteiger partial charge in [-0.05, 0) is 36.9 Å². The third-order valence-electron chi connectivity index (χ3n) is 3.04. The number of pyridine rings is 1. The summed E-state index contributed by atoms with van der Waals surface area (Å²) >= 11 is 1.67. The third-order valence-corrected chi connectivity index (χ3v) is 4.03. The zero-order chi connectivity index (χ0) is 14.5. The minimum Gasteiger partial charge on any atom is -0.478 e. The standard InChI is InChI=1S/C15H18N2O2S/c1-3-5-12(13-6-4-9-20-13)17-14-11(15(18)19)8-7-10(2)16-14/h4,6-9,12H,3,5H2,1-2H3,(H,16,17)(H,18,19). The second kappa shape index (κ2) is 6.52. The van der Waals surface area contributed by atoms with Crippen LogP contribution in [0.3, 0.4) is 0 Å². The van der Waals surface area contributed by atoms with Gasteiger partial charge >= 0.3 is 5.97 Å². The maximum absolute atomic E-state index is 11.3. The number of hydrogen-bond acceptors (Lipinski definition) is 4. The van der Waals surface area contributed by atoms with Crippen LogP contribution >= 0.6 is 11.3 Å². The molecule has 2 rings (SSSR count). The lowest BCUT2D eigenvalue weighted by atomic mass is 10.1. The number of rotatable bonds is 6. The van der Waals surface area contributed by atoms with Gasteiger partial charge in [0.1, 0.15) is 11.4 Å². The van der Waals surface area contributed by atoms with Crippen molar-refractivity contribution in [2.75, 3.05) is 5.32 Å². The summed E-state index contributed by atoms with van der Waals surface area (Å²) in [6.07, 6.45) is 1.96. The van der Waals surface area contributed by atoms with Crippen molar-refractivity contribution in [3.05, 3.63) is 45.8 Å². The Labute approximate surface area is 122 Å². The van der Waals surface area contributed by atoms with Crippen LogP contribution in [0.1, 0.15) is 46.7 Å². The van der Waals surface area contributed by atoms with E-state index in [9.17, 15) is 9.90 Å². The number of carbonyl (C=O) groups is 1. The molecule has 0 aliphatic carbocycles. The first kappa shape index (κ1) is 14.5. The first-order valence-corrected chi connectivity index (χ1v) is 7.50. The van der Waals surface area contributed by atoms with E-state index in [-0.39, 0.29) is 11.6 Å². The first-order chi connectivity index (χ1) is 9.61. The fraction of sp³-hybridized carbons (Fsp3) is 0.333. The lowest BCUT2D eigenvalue weighted by Crippen LogP contribution is -2.14. The van der Waals surface area contributed by atoms with Crippen molar-refractivity contribution >= 4 is 23.1 Å². The summed E-state index contributed by atoms with van der Waals surface area (Å²) in [6.45, 7) is 3.97. The summed E-state index contributed by atoms with van der Waals surface area (Å²) < 4.78 is 0. The maximum Gasteiger partial charge on any atom is 0.339 e. The molecule has 0 saturated heterocycles. The number of aromatic nitrogens is 1. The number of thiophene rings is 1. The average Bonchev–Trinajstić information content (AvgIpc) is 2.91. The molecule has 0 saturated carbocycles. The zero-order valence-corrected chi connectivity index (χ0v) is 12.4. The van der Waals surface area contributed by atoms with Crippen LogP contribution in [-0.4, -0.2) is 16.1 Å². The maximum atomic E-state index is 11.3. The van der Waals surface area contributed by atoms with Crippen molar-refractivity contribution in [1.82, 2.24) is 4.98 Å². The molecule has 2 aromatic heterocycles. The molecule has 2 heterocycles. The number of aryl methyl sites for hydroxylation is 1. The van der Waals surface area contributed by atoms with Gasteiger partial charge in [-0.3, -0.25) is 0 Å². The highest BCUT2D eigenvalue weighted by Crippen LogP contribution is 2.28. The molecule has 0 radical (unpaired) electrons. The smallest absolute Gasteiger partial charge is 0.339 e. The molecular weight excluding hydrogens is 272 g/mol. The van der Waals surface area contributed by atoms with Crippen molar-refractivity contribution in [2.45, 2.75) is 32.7 Å². The fourth-order valence-electron chi connectivity index (χ4n) is 2.07. The third kappa shape index (κ3) is 3.36. The second-order valence-electron chi connectivity index (χ2n) is 4.65. The Morgan fingerprint density at radius 1 is 1.45 bits per heavy atom. The van der Waals surface area contributed by atoms with E-state index < -0.39 is 5.97 Å². The van der Waals surface area contributed by atoms with Crippen LogP contribution in [0.25, 0.3) is 0 Å². The monoisotopic (exact) mass is 290 g/mol. The highest BCUT2D eigenvalue weighted by atomic mass is 32.1. The summed E-state index contributed by atoms with van der Waals surface area (Å²) in [5, 5.41) is 14.6. The zero-order valence-electron chi connectivity index (χ0n) is 11.6. The molecule has 0 aliphatic heterocycles. The quantitative estimate of drug-likeness (QED) is 0.840. The molecule has 20 heavy (non-hydrogen) atoms. The van der Waals surface area contributed by atoms with Crippen LogP contribution < -0.4 is 5.32 Å². The predicted molar refractivity (Wildman–Crippen MR) is 81.5 cm³/mol. The molecule has 106 valence electrons. The minimum absolute atomic E-state index is 0.104. The highest BCUT2D eigenvalue weighted by molar-refractivity contribution is 7.10. The van der Waals surface area contributed by atoms with Gasteiger partial charge in [0, 0.05) is 10.6 Å². The van der Waals surface area contributed by atoms with Gasteiger partial charge < -0.3 is 10.4 Å². The molecule has 4 nitrogen and oxygen atoms in total. The molecule has 0 bridgehead atoms. The van der Waals surface area contributed by atoms with Crippen molar-refractivity contribution in [3.8, 4) is 0 Å². The number of carboxylic acids is 1. The molecular formula is C15H18N2O2S. The molecule has 2 N–H and O–H groups in total. The van der Waals surface area contributed by atoms with E-state index in [1.165, 1.54) is 4.88 Å². The fourth-order valence-corrected chi connectivity index (χ4v) is 2.88. The first-order valence-electron chi connectivity index (χ1n) is 6.62. The summed E-state index contributed by atoms with van der Waals surface area (Å²) in [5.74, 6) is -0.509. The van der Waals surface area contributed by atoms with Gasteiger partial charge in [-0.25, -0.2) is 9.78 Å². The van der Waals surface area contributed by atoms with Crippen LogP contribution in [0.2, 0.25) is 0 Å². The molecule has 0 spiro atoms. The molecule has 0 aliphatic rings. The number of carboxylic acid groups (broad SMARTS) is 1. The van der Waals surface area contributed by atoms with Crippen LogP contribution in [0.5, 0.6) is 0 Å². The van der Waals surface area contributed by atoms with E-state index in [2.05, 4.69) is 23.3 Å². The second-order valence-corrected chi connectivity index (χ2v) is 5.63. The Balaban J connectivity index is 2.30. The Morgan fingerprint density at radius 2 is 2.25 bits per heavy atom. The predicted octanol–water partition coefficient (Wildman–Crippen LogP) is 4.10. The Morgan fingerprint density at radius 3 is 2.85 bits per heavy atom. The normalized spacial score (nSPS) is 12.1. The number of nitrogens with zero attached hydrogens (tertiary/aromatic N) is 1. The van der Waals surface area contributed by atoms with E-state index in [1.54, 1.807) is 23.5 Å². The van der Waals surface area contributed by atoms with Gasteiger partial charge in [-0.2, -0.15) is 0 Å². The van der Waals surface area contributed by atoms with Gasteiger partial charge in [0.15, 0.2) is 0 Å². The number of aromatic carboxylic acids is 1. The topological polar surface area (TPSA) is 62.2 Å².